The number of benzene rings is 1. The van der Waals surface area contributed by atoms with Gasteiger partial charge in [0.05, 0.1) is 12.0 Å². The first kappa shape index (κ1) is 15.4. The molecule has 5 nitrogen and oxygen atoms in total. The molecule has 0 bridgehead atoms. The fraction of sp³-hybridized carbons (Fsp3) is 0.500. The van der Waals surface area contributed by atoms with Crippen molar-refractivity contribution in [3.05, 3.63) is 24.3 Å². The van der Waals surface area contributed by atoms with Crippen molar-refractivity contribution in [1.82, 2.24) is 4.90 Å². The molecule has 2 amide bonds. The van der Waals surface area contributed by atoms with Gasteiger partial charge in [0, 0.05) is 25.2 Å². The fourth-order valence-corrected chi connectivity index (χ4v) is 2.39. The Hall–Kier alpha value is -2.04. The molecule has 1 aliphatic heterocycles. The molecular weight excluding hydrogens is 268 g/mol. The summed E-state index contributed by atoms with van der Waals surface area (Å²) < 4.78 is 5.55. The predicted octanol–water partition coefficient (Wildman–Crippen LogP) is 2.28. The number of nitrogens with one attached hydrogen (secondary N) is 1. The van der Waals surface area contributed by atoms with Crippen molar-refractivity contribution in [3.63, 3.8) is 0 Å². The Labute approximate surface area is 125 Å². The van der Waals surface area contributed by atoms with Crippen LogP contribution in [0, 0.1) is 5.92 Å². The number of hydrogen-bond acceptors (Lipinski definition) is 3. The number of rotatable bonds is 5. The number of hydrogen-bond donors (Lipinski definition) is 1. The van der Waals surface area contributed by atoms with Gasteiger partial charge in [-0.05, 0) is 45.0 Å². The summed E-state index contributed by atoms with van der Waals surface area (Å²) in [6, 6.07) is 7.27. The van der Waals surface area contributed by atoms with E-state index in [0.29, 0.717) is 19.5 Å². The summed E-state index contributed by atoms with van der Waals surface area (Å²) in [6.07, 6.45) is 0.420. The maximum Gasteiger partial charge on any atom is 0.229 e. The van der Waals surface area contributed by atoms with Crippen LogP contribution in [0.2, 0.25) is 0 Å². The third kappa shape index (κ3) is 3.97. The monoisotopic (exact) mass is 290 g/mol. The molecule has 0 radical (unpaired) electrons. The van der Waals surface area contributed by atoms with Crippen LogP contribution in [0.15, 0.2) is 24.3 Å². The number of likely N-dealkylation sites (tertiary alicyclic amines) is 1. The van der Waals surface area contributed by atoms with Crippen molar-refractivity contribution in [3.8, 4) is 5.75 Å². The van der Waals surface area contributed by atoms with Crippen molar-refractivity contribution in [2.24, 2.45) is 5.92 Å². The Bertz CT molecular complexity index is 511. The number of carbonyl (C=O) groups excluding carboxylic acids is 2. The Balaban J connectivity index is 1.92. The van der Waals surface area contributed by atoms with Crippen LogP contribution in [0.1, 0.15) is 27.2 Å². The summed E-state index contributed by atoms with van der Waals surface area (Å²) in [4.78, 5) is 25.5. The van der Waals surface area contributed by atoms with Gasteiger partial charge >= 0.3 is 0 Å². The maximum atomic E-state index is 12.2. The molecule has 2 rings (SSSR count). The van der Waals surface area contributed by atoms with Crippen LogP contribution in [-0.2, 0) is 9.59 Å². The van der Waals surface area contributed by atoms with Gasteiger partial charge in [0.15, 0.2) is 0 Å². The summed E-state index contributed by atoms with van der Waals surface area (Å²) in [5.74, 6) is 0.468. The minimum absolute atomic E-state index is 0.0540. The standard InChI is InChI=1S/C16H22N2O3/c1-4-18-10-12(9-15(18)19)16(20)17-13-5-7-14(8-6-13)21-11(2)3/h5-8,11-12H,4,9-10H2,1-3H3,(H,17,20)/t12-/m1/s1. The molecule has 0 unspecified atom stereocenters. The van der Waals surface area contributed by atoms with Crippen molar-refractivity contribution < 1.29 is 14.3 Å². The van der Waals surface area contributed by atoms with Crippen molar-refractivity contribution in [2.75, 3.05) is 18.4 Å². The van der Waals surface area contributed by atoms with Crippen LogP contribution < -0.4 is 10.1 Å². The third-order valence-electron chi connectivity index (χ3n) is 3.46. The maximum absolute atomic E-state index is 12.2. The first-order valence-corrected chi connectivity index (χ1v) is 7.35. The van der Waals surface area contributed by atoms with E-state index in [1.54, 1.807) is 4.90 Å². The van der Waals surface area contributed by atoms with Gasteiger partial charge in [-0.15, -0.1) is 0 Å². The molecule has 1 aromatic carbocycles. The zero-order chi connectivity index (χ0) is 15.4. The van der Waals surface area contributed by atoms with E-state index in [1.165, 1.54) is 0 Å². The molecule has 5 heteroatoms. The first-order chi connectivity index (χ1) is 9.99. The van der Waals surface area contributed by atoms with E-state index in [2.05, 4.69) is 5.32 Å². The van der Waals surface area contributed by atoms with E-state index < -0.39 is 0 Å². The Kier molecular flexibility index (Phi) is 4.83. The normalized spacial score (nSPS) is 18.2. The molecule has 1 aromatic rings. The number of anilines is 1. The van der Waals surface area contributed by atoms with Crippen molar-refractivity contribution in [2.45, 2.75) is 33.3 Å². The highest BCUT2D eigenvalue weighted by molar-refractivity contribution is 5.97. The molecule has 1 aliphatic rings. The van der Waals surface area contributed by atoms with E-state index in [4.69, 9.17) is 4.74 Å². The molecule has 21 heavy (non-hydrogen) atoms. The van der Waals surface area contributed by atoms with Crippen LogP contribution in [0.4, 0.5) is 5.69 Å². The molecule has 1 fully saturated rings. The van der Waals surface area contributed by atoms with Gasteiger partial charge in [-0.1, -0.05) is 0 Å². The molecule has 1 saturated heterocycles. The van der Waals surface area contributed by atoms with Crippen molar-refractivity contribution >= 4 is 17.5 Å². The second-order valence-electron chi connectivity index (χ2n) is 5.51. The molecule has 0 spiro atoms. The van der Waals surface area contributed by atoms with Crippen LogP contribution in [0.3, 0.4) is 0 Å². The van der Waals surface area contributed by atoms with Crippen LogP contribution in [0.25, 0.3) is 0 Å². The quantitative estimate of drug-likeness (QED) is 0.905. The third-order valence-corrected chi connectivity index (χ3v) is 3.46. The SMILES string of the molecule is CCN1C[C@H](C(=O)Nc2ccc(OC(C)C)cc2)CC1=O. The van der Waals surface area contributed by atoms with E-state index in [1.807, 2.05) is 45.0 Å². The predicted molar refractivity (Wildman–Crippen MR) is 81.2 cm³/mol. The van der Waals surface area contributed by atoms with Gasteiger partial charge in [-0.25, -0.2) is 0 Å². The summed E-state index contributed by atoms with van der Waals surface area (Å²) in [5.41, 5.74) is 0.721. The molecule has 0 aliphatic carbocycles. The molecule has 1 atom stereocenters. The molecule has 0 aromatic heterocycles. The smallest absolute Gasteiger partial charge is 0.229 e. The highest BCUT2D eigenvalue weighted by Gasteiger charge is 2.33. The van der Waals surface area contributed by atoms with Crippen LogP contribution in [0.5, 0.6) is 5.75 Å². The Morgan fingerprint density at radius 2 is 2.05 bits per heavy atom. The number of carbonyl (C=O) groups is 2. The van der Waals surface area contributed by atoms with E-state index in [-0.39, 0.29) is 23.8 Å². The summed E-state index contributed by atoms with van der Waals surface area (Å²) in [7, 11) is 0. The molecular formula is C16H22N2O3. The minimum atomic E-state index is -0.260. The Morgan fingerprint density at radius 1 is 1.38 bits per heavy atom. The number of nitrogens with zero attached hydrogens (tertiary/aromatic N) is 1. The van der Waals surface area contributed by atoms with E-state index in [9.17, 15) is 9.59 Å². The lowest BCUT2D eigenvalue weighted by molar-refractivity contribution is -0.128. The molecule has 0 saturated carbocycles. The second kappa shape index (κ2) is 6.61. The van der Waals surface area contributed by atoms with Gasteiger partial charge < -0.3 is 15.0 Å². The molecule has 1 heterocycles. The highest BCUT2D eigenvalue weighted by Crippen LogP contribution is 2.21. The number of amides is 2. The molecule has 114 valence electrons. The lowest BCUT2D eigenvalue weighted by atomic mass is 10.1. The van der Waals surface area contributed by atoms with Crippen LogP contribution >= 0.6 is 0 Å². The largest absolute Gasteiger partial charge is 0.491 e. The van der Waals surface area contributed by atoms with Gasteiger partial charge in [0.1, 0.15) is 5.75 Å². The van der Waals surface area contributed by atoms with E-state index >= 15 is 0 Å². The first-order valence-electron chi connectivity index (χ1n) is 7.35. The van der Waals surface area contributed by atoms with Gasteiger partial charge in [-0.2, -0.15) is 0 Å². The highest BCUT2D eigenvalue weighted by atomic mass is 16.5. The minimum Gasteiger partial charge on any atom is -0.491 e. The topological polar surface area (TPSA) is 58.6 Å². The second-order valence-corrected chi connectivity index (χ2v) is 5.51. The average Bonchev–Trinajstić information content (AvgIpc) is 2.82. The Morgan fingerprint density at radius 3 is 2.57 bits per heavy atom. The van der Waals surface area contributed by atoms with E-state index in [0.717, 1.165) is 11.4 Å². The zero-order valence-electron chi connectivity index (χ0n) is 12.8. The lowest BCUT2D eigenvalue weighted by Crippen LogP contribution is -2.28. The average molecular weight is 290 g/mol. The number of ether oxygens (including phenoxy) is 1. The van der Waals surface area contributed by atoms with Gasteiger partial charge in [0.25, 0.3) is 0 Å². The fourth-order valence-electron chi connectivity index (χ4n) is 2.39. The van der Waals surface area contributed by atoms with Crippen LogP contribution in [-0.4, -0.2) is 35.9 Å². The summed E-state index contributed by atoms with van der Waals surface area (Å²) in [6.45, 7) is 7.02. The lowest BCUT2D eigenvalue weighted by Gasteiger charge is -2.14. The van der Waals surface area contributed by atoms with Gasteiger partial charge in [-0.3, -0.25) is 9.59 Å². The summed E-state index contributed by atoms with van der Waals surface area (Å²) in [5, 5.41) is 2.86. The summed E-state index contributed by atoms with van der Waals surface area (Å²) >= 11 is 0. The zero-order valence-corrected chi connectivity index (χ0v) is 12.8. The van der Waals surface area contributed by atoms with Gasteiger partial charge in [0.2, 0.25) is 11.8 Å². The molecule has 1 N–H and O–H groups in total. The van der Waals surface area contributed by atoms with Crippen molar-refractivity contribution in [1.29, 1.82) is 0 Å².